The molecule has 0 bridgehead atoms. The van der Waals surface area contributed by atoms with Crippen LogP contribution in [0.1, 0.15) is 36.9 Å². The van der Waals surface area contributed by atoms with E-state index in [-0.39, 0.29) is 0 Å². The van der Waals surface area contributed by atoms with Crippen molar-refractivity contribution < 1.29 is 9.84 Å². The molecule has 1 heterocycles. The van der Waals surface area contributed by atoms with Crippen LogP contribution in [0.15, 0.2) is 30.6 Å². The van der Waals surface area contributed by atoms with Gasteiger partial charge in [-0.05, 0) is 32.9 Å². The maximum Gasteiger partial charge on any atom is 0.146 e. The summed E-state index contributed by atoms with van der Waals surface area (Å²) < 4.78 is 7.83. The van der Waals surface area contributed by atoms with Crippen LogP contribution in [0, 0.1) is 6.92 Å². The highest BCUT2D eigenvalue weighted by molar-refractivity contribution is 5.38. The third kappa shape index (κ3) is 3.15. The largest absolute Gasteiger partial charge is 0.485 e. The number of aliphatic hydroxyl groups excluding tert-OH is 1. The van der Waals surface area contributed by atoms with Crippen molar-refractivity contribution in [3.05, 3.63) is 47.5 Å². The summed E-state index contributed by atoms with van der Waals surface area (Å²) in [5, 5.41) is 9.79. The topological polar surface area (TPSA) is 47.3 Å². The molecule has 4 heteroatoms. The quantitative estimate of drug-likeness (QED) is 0.899. The van der Waals surface area contributed by atoms with Gasteiger partial charge in [-0.15, -0.1) is 0 Å². The number of benzene rings is 1. The molecule has 0 aliphatic heterocycles. The number of rotatable bonds is 5. The van der Waals surface area contributed by atoms with E-state index < -0.39 is 6.10 Å². The molecule has 0 radical (unpaired) electrons. The number of aliphatic hydroxyl groups is 1. The van der Waals surface area contributed by atoms with Gasteiger partial charge in [-0.3, -0.25) is 0 Å². The molecule has 1 N–H and O–H groups in total. The molecule has 1 aromatic heterocycles. The average molecular weight is 260 g/mol. The molecule has 102 valence electrons. The predicted octanol–water partition coefficient (Wildman–Crippen LogP) is 2.84. The van der Waals surface area contributed by atoms with E-state index in [0.717, 1.165) is 23.5 Å². The molecule has 1 unspecified atom stereocenters. The molecule has 1 atom stereocenters. The van der Waals surface area contributed by atoms with Gasteiger partial charge >= 0.3 is 0 Å². The summed E-state index contributed by atoms with van der Waals surface area (Å²) in [6, 6.07) is 5.83. The van der Waals surface area contributed by atoms with Crippen molar-refractivity contribution in [3.63, 3.8) is 0 Å². The van der Waals surface area contributed by atoms with Gasteiger partial charge in [-0.2, -0.15) is 0 Å². The second-order valence-electron chi connectivity index (χ2n) is 4.64. The lowest BCUT2D eigenvalue weighted by molar-refractivity contribution is 0.189. The zero-order chi connectivity index (χ0) is 13.8. The van der Waals surface area contributed by atoms with Crippen molar-refractivity contribution in [2.45, 2.75) is 40.0 Å². The van der Waals surface area contributed by atoms with E-state index in [2.05, 4.69) is 11.9 Å². The maximum absolute atomic E-state index is 9.79. The fraction of sp³-hybridized carbons (Fsp3) is 0.400. The molecule has 0 saturated heterocycles. The molecule has 0 amide bonds. The highest BCUT2D eigenvalue weighted by Gasteiger charge is 2.10. The smallest absolute Gasteiger partial charge is 0.146 e. The van der Waals surface area contributed by atoms with Crippen molar-refractivity contribution in [1.29, 1.82) is 0 Å². The molecule has 0 aliphatic carbocycles. The zero-order valence-corrected chi connectivity index (χ0v) is 11.6. The van der Waals surface area contributed by atoms with Gasteiger partial charge in [0.15, 0.2) is 0 Å². The highest BCUT2D eigenvalue weighted by Crippen LogP contribution is 2.26. The van der Waals surface area contributed by atoms with Gasteiger partial charge in [-0.1, -0.05) is 11.6 Å². The van der Waals surface area contributed by atoms with Gasteiger partial charge in [-0.25, -0.2) is 4.98 Å². The summed E-state index contributed by atoms with van der Waals surface area (Å²) in [6.45, 7) is 7.09. The summed E-state index contributed by atoms with van der Waals surface area (Å²) in [5.41, 5.74) is 1.92. The number of hydrogen-bond donors (Lipinski definition) is 1. The Hall–Kier alpha value is -1.81. The van der Waals surface area contributed by atoms with E-state index in [4.69, 9.17) is 4.74 Å². The first-order valence-electron chi connectivity index (χ1n) is 6.53. The SMILES string of the molecule is CCn1ccnc1COc1ccc(C)cc1C(C)O. The Labute approximate surface area is 113 Å². The minimum Gasteiger partial charge on any atom is -0.485 e. The van der Waals surface area contributed by atoms with Crippen LogP contribution in [0.4, 0.5) is 0 Å². The van der Waals surface area contributed by atoms with E-state index in [1.165, 1.54) is 0 Å². The van der Waals surface area contributed by atoms with Gasteiger partial charge in [0.25, 0.3) is 0 Å². The molecular weight excluding hydrogens is 240 g/mol. The Balaban J connectivity index is 2.15. The van der Waals surface area contributed by atoms with E-state index >= 15 is 0 Å². The van der Waals surface area contributed by atoms with Crippen LogP contribution < -0.4 is 4.74 Å². The molecule has 0 fully saturated rings. The normalized spacial score (nSPS) is 12.4. The van der Waals surface area contributed by atoms with Crippen molar-refractivity contribution >= 4 is 0 Å². The summed E-state index contributed by atoms with van der Waals surface area (Å²) in [4.78, 5) is 4.27. The Kier molecular flexibility index (Phi) is 4.22. The van der Waals surface area contributed by atoms with Gasteiger partial charge in [0.1, 0.15) is 18.2 Å². The first-order valence-corrected chi connectivity index (χ1v) is 6.53. The van der Waals surface area contributed by atoms with Crippen LogP contribution >= 0.6 is 0 Å². The molecule has 1 aromatic carbocycles. The fourth-order valence-corrected chi connectivity index (χ4v) is 2.04. The molecular formula is C15H20N2O2. The number of ether oxygens (including phenoxy) is 1. The Bertz CT molecular complexity index is 547. The molecule has 19 heavy (non-hydrogen) atoms. The molecule has 0 saturated carbocycles. The van der Waals surface area contributed by atoms with Crippen LogP contribution in [0.25, 0.3) is 0 Å². The van der Waals surface area contributed by atoms with Crippen molar-refractivity contribution in [3.8, 4) is 5.75 Å². The fourth-order valence-electron chi connectivity index (χ4n) is 2.04. The third-order valence-electron chi connectivity index (χ3n) is 3.11. The van der Waals surface area contributed by atoms with E-state index in [9.17, 15) is 5.11 Å². The first-order chi connectivity index (χ1) is 9.11. The summed E-state index contributed by atoms with van der Waals surface area (Å²) in [7, 11) is 0. The third-order valence-corrected chi connectivity index (χ3v) is 3.11. The average Bonchev–Trinajstić information content (AvgIpc) is 2.84. The summed E-state index contributed by atoms with van der Waals surface area (Å²) in [5.74, 6) is 1.60. The van der Waals surface area contributed by atoms with Crippen LogP contribution in [-0.2, 0) is 13.2 Å². The number of aryl methyl sites for hydroxylation is 2. The zero-order valence-electron chi connectivity index (χ0n) is 11.6. The highest BCUT2D eigenvalue weighted by atomic mass is 16.5. The molecule has 4 nitrogen and oxygen atoms in total. The standard InChI is InChI=1S/C15H20N2O2/c1-4-17-8-7-16-15(17)10-19-14-6-5-11(2)9-13(14)12(3)18/h5-9,12,18H,4,10H2,1-3H3. The van der Waals surface area contributed by atoms with Crippen LogP contribution in [0.3, 0.4) is 0 Å². The minimum absolute atomic E-state index is 0.406. The van der Waals surface area contributed by atoms with Gasteiger partial charge in [0, 0.05) is 24.5 Å². The maximum atomic E-state index is 9.79. The second kappa shape index (κ2) is 5.89. The lowest BCUT2D eigenvalue weighted by Gasteiger charge is -2.14. The van der Waals surface area contributed by atoms with Crippen molar-refractivity contribution in [2.75, 3.05) is 0 Å². The first kappa shape index (κ1) is 13.6. The summed E-state index contributed by atoms with van der Waals surface area (Å²) in [6.07, 6.45) is 3.16. The van der Waals surface area contributed by atoms with Crippen molar-refractivity contribution in [2.24, 2.45) is 0 Å². The number of aromatic nitrogens is 2. The molecule has 2 aromatic rings. The van der Waals surface area contributed by atoms with E-state index in [1.54, 1.807) is 13.1 Å². The monoisotopic (exact) mass is 260 g/mol. The van der Waals surface area contributed by atoms with Crippen molar-refractivity contribution in [1.82, 2.24) is 9.55 Å². The van der Waals surface area contributed by atoms with Crippen LogP contribution in [0.5, 0.6) is 5.75 Å². The predicted molar refractivity (Wildman–Crippen MR) is 74.0 cm³/mol. The minimum atomic E-state index is -0.541. The van der Waals surface area contributed by atoms with E-state index in [0.29, 0.717) is 12.4 Å². The Morgan fingerprint density at radius 2 is 2.21 bits per heavy atom. The van der Waals surface area contributed by atoms with E-state index in [1.807, 2.05) is 35.9 Å². The van der Waals surface area contributed by atoms with Crippen LogP contribution in [0.2, 0.25) is 0 Å². The lowest BCUT2D eigenvalue weighted by atomic mass is 10.1. The van der Waals surface area contributed by atoms with Gasteiger partial charge in [0.2, 0.25) is 0 Å². The van der Waals surface area contributed by atoms with Gasteiger partial charge < -0.3 is 14.4 Å². The number of hydrogen-bond acceptors (Lipinski definition) is 3. The summed E-state index contributed by atoms with van der Waals surface area (Å²) >= 11 is 0. The van der Waals surface area contributed by atoms with Gasteiger partial charge in [0.05, 0.1) is 6.10 Å². The molecule has 0 spiro atoms. The number of nitrogens with zero attached hydrogens (tertiary/aromatic N) is 2. The Morgan fingerprint density at radius 1 is 1.42 bits per heavy atom. The Morgan fingerprint density at radius 3 is 2.89 bits per heavy atom. The number of imidazole rings is 1. The molecule has 2 rings (SSSR count). The lowest BCUT2D eigenvalue weighted by Crippen LogP contribution is -2.07. The van der Waals surface area contributed by atoms with Crippen LogP contribution in [-0.4, -0.2) is 14.7 Å². The molecule has 0 aliphatic rings. The second-order valence-corrected chi connectivity index (χ2v) is 4.64.